The van der Waals surface area contributed by atoms with E-state index in [-0.39, 0.29) is 0 Å². The van der Waals surface area contributed by atoms with Crippen LogP contribution >= 0.6 is 0 Å². The molecule has 0 saturated heterocycles. The second-order valence-corrected chi connectivity index (χ2v) is 2.93. The van der Waals surface area contributed by atoms with Crippen molar-refractivity contribution >= 4 is 10.8 Å². The Morgan fingerprint density at radius 1 is 1.00 bits per heavy atom. The zero-order chi connectivity index (χ0) is 8.67. The van der Waals surface area contributed by atoms with E-state index in [2.05, 4.69) is 23.5 Å². The van der Waals surface area contributed by atoms with Crippen molar-refractivity contribution in [3.05, 3.63) is 42.5 Å². The highest BCUT2D eigenvalue weighted by Crippen LogP contribution is 2.21. The number of nitrogens with zero attached hydrogens (tertiary/aromatic N) is 2. The van der Waals surface area contributed by atoms with Crippen molar-refractivity contribution < 1.29 is 4.63 Å². The van der Waals surface area contributed by atoms with Crippen LogP contribution in [-0.2, 0) is 0 Å². The molecule has 0 bridgehead atoms. The summed E-state index contributed by atoms with van der Waals surface area (Å²) in [5.41, 5.74) is 0.998. The molecule has 0 saturated carbocycles. The average Bonchev–Trinajstić information content (AvgIpc) is 3.00. The van der Waals surface area contributed by atoms with Gasteiger partial charge in [-0.1, -0.05) is 42.5 Å². The maximum atomic E-state index is 4.76. The first-order valence-corrected chi connectivity index (χ1v) is 4.11. The zero-order valence-electron chi connectivity index (χ0n) is 6.84. The molecule has 64 valence electrons. The molecule has 1 heterocycles. The van der Waals surface area contributed by atoms with Crippen LogP contribution < -0.4 is 5.27 Å². The minimum atomic E-state index is 0.998. The van der Waals surface area contributed by atoms with Gasteiger partial charge in [0.25, 0.3) is 0 Å². The van der Waals surface area contributed by atoms with Crippen LogP contribution in [0, 0.1) is 0 Å². The van der Waals surface area contributed by atoms with E-state index in [1.165, 1.54) is 10.2 Å². The highest BCUT2D eigenvalue weighted by Gasteiger charge is 1.97. The quantitative estimate of drug-likeness (QED) is 0.562. The molecule has 0 amide bonds. The summed E-state index contributed by atoms with van der Waals surface area (Å²) < 4.78 is 4.76. The Labute approximate surface area is 74.5 Å². The van der Waals surface area contributed by atoms with Crippen LogP contribution in [0.15, 0.2) is 47.1 Å². The minimum Gasteiger partial charge on any atom is -0.454 e. The maximum Gasteiger partial charge on any atom is -0.000861 e. The number of hydrogen-bond donors (Lipinski definition) is 0. The Kier molecular flexibility index (Phi) is 1.16. The smallest absolute Gasteiger partial charge is 0.000861 e. The third-order valence-corrected chi connectivity index (χ3v) is 2.14. The topological polar surface area (TPSA) is 32.2 Å². The average molecular weight is 171 g/mol. The molecule has 0 spiro atoms. The fourth-order valence-corrected chi connectivity index (χ4v) is 1.48. The minimum absolute atomic E-state index is 0.998. The Balaban J connectivity index is 2.41. The van der Waals surface area contributed by atoms with E-state index in [9.17, 15) is 0 Å². The second kappa shape index (κ2) is 2.29. The molecule has 3 rings (SSSR count). The maximum absolute atomic E-state index is 4.76. The van der Waals surface area contributed by atoms with E-state index in [4.69, 9.17) is 4.63 Å². The Bertz CT molecular complexity index is 516. The fourth-order valence-electron chi connectivity index (χ4n) is 1.48. The first kappa shape index (κ1) is 6.60. The van der Waals surface area contributed by atoms with E-state index in [1.807, 2.05) is 24.3 Å². The van der Waals surface area contributed by atoms with Gasteiger partial charge in [0.05, 0.1) is 0 Å². The lowest BCUT2D eigenvalue weighted by Crippen LogP contribution is -1.84. The van der Waals surface area contributed by atoms with Gasteiger partial charge in [-0.15, -0.1) is 0 Å². The van der Waals surface area contributed by atoms with E-state index < -0.39 is 0 Å². The molecule has 13 heavy (non-hydrogen) atoms. The van der Waals surface area contributed by atoms with Crippen molar-refractivity contribution in [1.29, 1.82) is 0 Å². The molecule has 3 heteroatoms. The van der Waals surface area contributed by atoms with E-state index in [0.717, 1.165) is 11.1 Å². The summed E-state index contributed by atoms with van der Waals surface area (Å²) in [5, 5.41) is 6.01. The van der Waals surface area contributed by atoms with Crippen LogP contribution in [0.3, 0.4) is 0 Å². The van der Waals surface area contributed by atoms with Crippen molar-refractivity contribution in [2.24, 2.45) is 0 Å². The van der Waals surface area contributed by atoms with E-state index in [0.29, 0.717) is 0 Å². The van der Waals surface area contributed by atoms with Gasteiger partial charge in [0, 0.05) is 0 Å². The lowest BCUT2D eigenvalue weighted by molar-refractivity contribution is 0.498. The number of rotatable bonds is 1. The van der Waals surface area contributed by atoms with Crippen LogP contribution in [-0.4, -0.2) is 4.85 Å². The van der Waals surface area contributed by atoms with Gasteiger partial charge in [-0.3, -0.25) is 10.1 Å². The van der Waals surface area contributed by atoms with Crippen molar-refractivity contribution in [3.63, 3.8) is 0 Å². The Morgan fingerprint density at radius 2 is 1.77 bits per heavy atom. The lowest BCUT2D eigenvalue weighted by Gasteiger charge is -2.04. The summed E-state index contributed by atoms with van der Waals surface area (Å²) >= 11 is 0. The van der Waals surface area contributed by atoms with Gasteiger partial charge in [-0.05, 0) is 16.5 Å². The molecule has 0 aliphatic heterocycles. The van der Waals surface area contributed by atoms with E-state index >= 15 is 0 Å². The molecule has 0 unspecified atom stereocenters. The predicted molar refractivity (Wildman–Crippen MR) is 48.9 cm³/mol. The lowest BCUT2D eigenvalue weighted by atomic mass is 10.1. The molecule has 0 N–H and O–H groups in total. The van der Waals surface area contributed by atoms with Gasteiger partial charge in [0.1, 0.15) is 0 Å². The van der Waals surface area contributed by atoms with Crippen molar-refractivity contribution in [2.75, 3.05) is 0 Å². The monoisotopic (exact) mass is 171 g/mol. The van der Waals surface area contributed by atoms with Crippen LogP contribution in [0.5, 0.6) is 0 Å². The molecule has 3 nitrogen and oxygen atoms in total. The summed E-state index contributed by atoms with van der Waals surface area (Å²) in [6, 6.07) is 14.2. The first-order valence-electron chi connectivity index (χ1n) is 4.11. The second-order valence-electron chi connectivity index (χ2n) is 2.93. The third-order valence-electron chi connectivity index (χ3n) is 2.14. The zero-order valence-corrected chi connectivity index (χ0v) is 6.84. The fraction of sp³-hybridized carbons (Fsp3) is 0. The summed E-state index contributed by atoms with van der Waals surface area (Å²) in [6.07, 6.45) is 0. The normalized spacial score (nSPS) is 11.1. The molecular weight excluding hydrogens is 164 g/mol. The molecule has 2 aromatic carbocycles. The molecular formula is C10H7N2O-. The third kappa shape index (κ3) is 0.973. The van der Waals surface area contributed by atoms with Crippen molar-refractivity contribution in [3.8, 4) is 5.69 Å². The molecule has 3 aromatic rings. The van der Waals surface area contributed by atoms with Crippen LogP contribution in [0.1, 0.15) is 0 Å². The van der Waals surface area contributed by atoms with Gasteiger partial charge in [-0.2, -0.15) is 0 Å². The molecule has 0 radical (unpaired) electrons. The van der Waals surface area contributed by atoms with Gasteiger partial charge in [0.15, 0.2) is 0 Å². The summed E-state index contributed by atoms with van der Waals surface area (Å²) in [5.74, 6) is 0. The van der Waals surface area contributed by atoms with Gasteiger partial charge in [-0.25, -0.2) is 0 Å². The summed E-state index contributed by atoms with van der Waals surface area (Å²) in [7, 11) is 0. The molecule has 0 fully saturated rings. The highest BCUT2D eigenvalue weighted by molar-refractivity contribution is 5.89. The van der Waals surface area contributed by atoms with Gasteiger partial charge >= 0.3 is 0 Å². The standard InChI is InChI=1S/C10H7N2O/c1-2-6-9-8(4-1)5-3-7-10(9)12-11-13-12/h1-7H/q-1. The SMILES string of the molecule is c1ccc2c(-n3[n-]o3)cccc2c1. The largest absolute Gasteiger partial charge is 0.454 e. The Hall–Kier alpha value is -1.90. The van der Waals surface area contributed by atoms with Gasteiger partial charge < -0.3 is 4.63 Å². The van der Waals surface area contributed by atoms with Gasteiger partial charge in [0.2, 0.25) is 0 Å². The first-order chi connectivity index (χ1) is 6.45. The molecule has 0 aliphatic carbocycles. The van der Waals surface area contributed by atoms with Crippen molar-refractivity contribution in [2.45, 2.75) is 0 Å². The number of aromatic nitrogens is 2. The van der Waals surface area contributed by atoms with Crippen LogP contribution in [0.25, 0.3) is 16.5 Å². The Morgan fingerprint density at radius 3 is 2.62 bits per heavy atom. The number of fused-ring (bicyclic) bond motifs is 1. The summed E-state index contributed by atoms with van der Waals surface area (Å²) in [4.78, 5) is 1.52. The number of benzene rings is 2. The molecule has 0 aliphatic rings. The van der Waals surface area contributed by atoms with Crippen LogP contribution in [0.2, 0.25) is 0 Å². The number of hydrogen-bond acceptors (Lipinski definition) is 1. The van der Waals surface area contributed by atoms with Crippen LogP contribution in [0.4, 0.5) is 0 Å². The van der Waals surface area contributed by atoms with E-state index in [1.54, 1.807) is 0 Å². The van der Waals surface area contributed by atoms with Crippen molar-refractivity contribution in [1.82, 2.24) is 10.1 Å². The molecule has 1 aromatic heterocycles. The highest BCUT2D eigenvalue weighted by atomic mass is 16.7. The predicted octanol–water partition coefficient (Wildman–Crippen LogP) is 2.18. The summed E-state index contributed by atoms with van der Waals surface area (Å²) in [6.45, 7) is 0. The molecule has 0 atom stereocenters.